The lowest BCUT2D eigenvalue weighted by atomic mass is 10.1. The summed E-state index contributed by atoms with van der Waals surface area (Å²) in [5.74, 6) is 0. The predicted octanol–water partition coefficient (Wildman–Crippen LogP) is 7.08. The summed E-state index contributed by atoms with van der Waals surface area (Å²) in [5.41, 5.74) is 0. The summed E-state index contributed by atoms with van der Waals surface area (Å²) < 4.78 is 40.3. The molecule has 0 saturated heterocycles. The van der Waals surface area contributed by atoms with E-state index in [1.807, 2.05) is 0 Å². The topological polar surface area (TPSA) is 0 Å². The van der Waals surface area contributed by atoms with Crippen LogP contribution in [0.3, 0.4) is 0 Å². The number of halogens is 4. The molecular weight excluding hydrogens is 317 g/mol. The normalized spacial score (nSPS) is 12.0. The van der Waals surface area contributed by atoms with E-state index in [1.165, 1.54) is 94.9 Å². The van der Waals surface area contributed by atoms with Crippen LogP contribution in [-0.4, -0.2) is 37.9 Å². The molecule has 0 fully saturated rings. The average molecular weight is 357 g/mol. The lowest BCUT2D eigenvalue weighted by Gasteiger charge is -2.35. The molecule has 0 aliphatic carbocycles. The van der Waals surface area contributed by atoms with Gasteiger partial charge >= 0.3 is 7.25 Å². The summed E-state index contributed by atoms with van der Waals surface area (Å²) in [7, 11) is -6.00. The molecule has 24 heavy (non-hydrogen) atoms. The Labute approximate surface area is 147 Å². The standard InChI is InChI=1S/C18H40N.BF4/c1-5-9-10-11-12-13-14-15-16-17-18-19(6-2,7-3)8-4;2-1(3,4)5/h5-18H2,1-4H3;/q+1;-1. The first-order valence-corrected chi connectivity index (χ1v) is 9.97. The molecule has 0 aromatic carbocycles. The number of rotatable bonds is 14. The highest BCUT2D eigenvalue weighted by molar-refractivity contribution is 6.50. The molecule has 1 nitrogen and oxygen atoms in total. The van der Waals surface area contributed by atoms with Gasteiger partial charge in [0, 0.05) is 0 Å². The Morgan fingerprint density at radius 2 is 0.833 bits per heavy atom. The van der Waals surface area contributed by atoms with E-state index in [1.54, 1.807) is 0 Å². The summed E-state index contributed by atoms with van der Waals surface area (Å²) in [4.78, 5) is 0. The molecule has 0 aliphatic rings. The molecule has 0 N–H and O–H groups in total. The van der Waals surface area contributed by atoms with Crippen LogP contribution in [0.2, 0.25) is 0 Å². The van der Waals surface area contributed by atoms with Gasteiger partial charge < -0.3 is 21.7 Å². The van der Waals surface area contributed by atoms with Crippen molar-refractivity contribution >= 4 is 7.25 Å². The summed E-state index contributed by atoms with van der Waals surface area (Å²) in [5, 5.41) is 0. The minimum atomic E-state index is -6.00. The maximum atomic E-state index is 9.75. The number of hydrogen-bond donors (Lipinski definition) is 0. The predicted molar refractivity (Wildman–Crippen MR) is 98.8 cm³/mol. The lowest BCUT2D eigenvalue weighted by Crippen LogP contribution is -2.48. The van der Waals surface area contributed by atoms with Crippen LogP contribution in [0.1, 0.15) is 91.9 Å². The Hall–Kier alpha value is -0.255. The first-order valence-electron chi connectivity index (χ1n) is 9.97. The Bertz CT molecular complexity index is 242. The van der Waals surface area contributed by atoms with Crippen LogP contribution in [-0.2, 0) is 0 Å². The number of nitrogens with zero attached hydrogens (tertiary/aromatic N) is 1. The average Bonchev–Trinajstić information content (AvgIpc) is 2.52. The third-order valence-electron chi connectivity index (χ3n) is 5.00. The molecule has 6 heteroatoms. The van der Waals surface area contributed by atoms with Crippen molar-refractivity contribution in [3.8, 4) is 0 Å². The van der Waals surface area contributed by atoms with Crippen molar-refractivity contribution in [3.05, 3.63) is 0 Å². The van der Waals surface area contributed by atoms with E-state index in [9.17, 15) is 17.3 Å². The van der Waals surface area contributed by atoms with E-state index >= 15 is 0 Å². The van der Waals surface area contributed by atoms with E-state index in [4.69, 9.17) is 0 Å². The number of unbranched alkanes of at least 4 members (excludes halogenated alkanes) is 9. The molecule has 0 spiro atoms. The molecule has 0 radical (unpaired) electrons. The van der Waals surface area contributed by atoms with Crippen LogP contribution >= 0.6 is 0 Å². The SMILES string of the molecule is CCCCCCCCCCCC[N+](CC)(CC)CC.F[B-](F)(F)F. The van der Waals surface area contributed by atoms with Crippen molar-refractivity contribution in [1.29, 1.82) is 0 Å². The highest BCUT2D eigenvalue weighted by atomic mass is 19.5. The third kappa shape index (κ3) is 19.8. The van der Waals surface area contributed by atoms with E-state index in [2.05, 4.69) is 27.7 Å². The van der Waals surface area contributed by atoms with Gasteiger partial charge in [0.15, 0.2) is 0 Å². The van der Waals surface area contributed by atoms with E-state index in [0.717, 1.165) is 0 Å². The van der Waals surface area contributed by atoms with Crippen molar-refractivity contribution in [1.82, 2.24) is 0 Å². The van der Waals surface area contributed by atoms with Crippen LogP contribution in [0, 0.1) is 0 Å². The lowest BCUT2D eigenvalue weighted by molar-refractivity contribution is -0.923. The molecule has 0 heterocycles. The number of hydrogen-bond acceptors (Lipinski definition) is 0. The third-order valence-corrected chi connectivity index (χ3v) is 5.00. The maximum absolute atomic E-state index is 9.75. The molecule has 0 rings (SSSR count). The van der Waals surface area contributed by atoms with Gasteiger partial charge in [0.25, 0.3) is 0 Å². The van der Waals surface area contributed by atoms with E-state index in [-0.39, 0.29) is 0 Å². The van der Waals surface area contributed by atoms with Gasteiger partial charge in [-0.05, 0) is 33.6 Å². The van der Waals surface area contributed by atoms with Crippen LogP contribution in [0.15, 0.2) is 0 Å². The van der Waals surface area contributed by atoms with Gasteiger partial charge in [-0.2, -0.15) is 0 Å². The van der Waals surface area contributed by atoms with Gasteiger partial charge in [0.2, 0.25) is 0 Å². The summed E-state index contributed by atoms with van der Waals surface area (Å²) in [6, 6.07) is 0. The Morgan fingerprint density at radius 3 is 1.12 bits per heavy atom. The molecule has 0 amide bonds. The second-order valence-corrected chi connectivity index (χ2v) is 6.69. The van der Waals surface area contributed by atoms with Gasteiger partial charge in [-0.25, -0.2) is 0 Å². The zero-order chi connectivity index (χ0) is 18.9. The van der Waals surface area contributed by atoms with Crippen LogP contribution in [0.4, 0.5) is 17.3 Å². The van der Waals surface area contributed by atoms with Crippen LogP contribution < -0.4 is 0 Å². The molecule has 148 valence electrons. The summed E-state index contributed by atoms with van der Waals surface area (Å²) in [6.45, 7) is 14.7. The molecule has 0 saturated carbocycles. The zero-order valence-electron chi connectivity index (χ0n) is 16.4. The Kier molecular flexibility index (Phi) is 17.6. The van der Waals surface area contributed by atoms with Gasteiger partial charge in [0.05, 0.1) is 26.2 Å². The smallest absolute Gasteiger partial charge is 0.418 e. The summed E-state index contributed by atoms with van der Waals surface area (Å²) >= 11 is 0. The van der Waals surface area contributed by atoms with Gasteiger partial charge in [-0.3, -0.25) is 0 Å². The quantitative estimate of drug-likeness (QED) is 0.135. The molecule has 0 bridgehead atoms. The first kappa shape index (κ1) is 26.0. The number of quaternary nitrogens is 1. The Balaban J connectivity index is 0. The second-order valence-electron chi connectivity index (χ2n) is 6.69. The maximum Gasteiger partial charge on any atom is 0.673 e. The molecule has 0 aromatic heterocycles. The van der Waals surface area contributed by atoms with Gasteiger partial charge in [-0.1, -0.05) is 58.3 Å². The van der Waals surface area contributed by atoms with Crippen molar-refractivity contribution in [2.45, 2.75) is 91.9 Å². The monoisotopic (exact) mass is 357 g/mol. The van der Waals surface area contributed by atoms with Gasteiger partial charge in [-0.15, -0.1) is 0 Å². The van der Waals surface area contributed by atoms with Crippen LogP contribution in [0.5, 0.6) is 0 Å². The summed E-state index contributed by atoms with van der Waals surface area (Å²) in [6.07, 6.45) is 14.5. The zero-order valence-corrected chi connectivity index (χ0v) is 16.4. The fourth-order valence-electron chi connectivity index (χ4n) is 3.08. The first-order chi connectivity index (χ1) is 11.2. The molecular formula is C18H40BF4N. The van der Waals surface area contributed by atoms with E-state index in [0.29, 0.717) is 0 Å². The van der Waals surface area contributed by atoms with Crippen molar-refractivity contribution in [2.24, 2.45) is 0 Å². The van der Waals surface area contributed by atoms with Gasteiger partial charge in [0.1, 0.15) is 0 Å². The molecule has 0 unspecified atom stereocenters. The van der Waals surface area contributed by atoms with Crippen molar-refractivity contribution < 1.29 is 21.7 Å². The van der Waals surface area contributed by atoms with Crippen LogP contribution in [0.25, 0.3) is 0 Å². The van der Waals surface area contributed by atoms with Crippen molar-refractivity contribution in [3.63, 3.8) is 0 Å². The largest absolute Gasteiger partial charge is 0.673 e. The molecule has 0 aliphatic heterocycles. The molecule has 0 atom stereocenters. The highest BCUT2D eigenvalue weighted by Crippen LogP contribution is 2.13. The fourth-order valence-corrected chi connectivity index (χ4v) is 3.08. The highest BCUT2D eigenvalue weighted by Gasteiger charge is 2.20. The fraction of sp³-hybridized carbons (Fsp3) is 1.00. The van der Waals surface area contributed by atoms with E-state index < -0.39 is 7.25 Å². The Morgan fingerprint density at radius 1 is 0.542 bits per heavy atom. The molecule has 0 aromatic rings. The minimum absolute atomic E-state index is 1.31. The van der Waals surface area contributed by atoms with Crippen molar-refractivity contribution in [2.75, 3.05) is 26.2 Å². The minimum Gasteiger partial charge on any atom is -0.418 e. The second kappa shape index (κ2) is 16.2.